The molecule has 0 atom stereocenters. The van der Waals surface area contributed by atoms with Crippen LogP contribution in [0.2, 0.25) is 0 Å². The maximum Gasteiger partial charge on any atom is 0.369 e. The van der Waals surface area contributed by atoms with Crippen LogP contribution in [0.1, 0.15) is 19.3 Å². The summed E-state index contributed by atoms with van der Waals surface area (Å²) < 4.78 is 22.1. The van der Waals surface area contributed by atoms with E-state index < -0.39 is 26.7 Å². The number of nitrogens with zero attached hydrogens (tertiary/aromatic N) is 1. The zero-order valence-corrected chi connectivity index (χ0v) is 16.9. The van der Waals surface area contributed by atoms with E-state index in [1.54, 1.807) is 4.90 Å². The van der Waals surface area contributed by atoms with E-state index in [0.29, 0.717) is 13.1 Å². The third-order valence-corrected chi connectivity index (χ3v) is 6.77. The van der Waals surface area contributed by atoms with Crippen molar-refractivity contribution in [1.82, 2.24) is 4.90 Å². The Morgan fingerprint density at radius 3 is 1.63 bits per heavy atom. The van der Waals surface area contributed by atoms with Crippen LogP contribution in [0.4, 0.5) is 0 Å². The van der Waals surface area contributed by atoms with E-state index in [1.807, 2.05) is 0 Å². The monoisotopic (exact) mass is 335 g/mol. The van der Waals surface area contributed by atoms with Crippen molar-refractivity contribution < 1.29 is 33.8 Å². The summed E-state index contributed by atoms with van der Waals surface area (Å²) in [5, 5.41) is 6.32. The number of aliphatic hydroxyl groups is 1. The third kappa shape index (κ3) is 6.08. The van der Waals surface area contributed by atoms with Crippen molar-refractivity contribution in [2.45, 2.75) is 24.3 Å². The molecule has 104 valence electrons. The first-order valence-electron chi connectivity index (χ1n) is 5.14. The second-order valence-electron chi connectivity index (χ2n) is 4.16. The van der Waals surface area contributed by atoms with Crippen LogP contribution in [0, 0.1) is 0 Å². The van der Waals surface area contributed by atoms with Gasteiger partial charge in [0.15, 0.2) is 0 Å². The summed E-state index contributed by atoms with van der Waals surface area (Å²) in [7, 11) is -10.6. The fourth-order valence-corrected chi connectivity index (χ4v) is 3.92. The zero-order chi connectivity index (χ0) is 13.3. The van der Waals surface area contributed by atoms with Crippen LogP contribution in [0.3, 0.4) is 0 Å². The maximum absolute atomic E-state index is 11.0. The van der Waals surface area contributed by atoms with Gasteiger partial charge in [-0.1, -0.05) is 0 Å². The molecule has 1 aliphatic heterocycles. The normalized spacial score (nSPS) is 17.7. The fraction of sp³-hybridized carbons (Fsp3) is 1.00. The van der Waals surface area contributed by atoms with Crippen molar-refractivity contribution in [2.75, 3.05) is 19.6 Å². The first-order valence-corrected chi connectivity index (χ1v) is 8.36. The molecular formula is C7H17NNa2O7P2. The summed E-state index contributed by atoms with van der Waals surface area (Å²) in [6, 6.07) is 0. The van der Waals surface area contributed by atoms with Crippen LogP contribution in [0.5, 0.6) is 0 Å². The Morgan fingerprint density at radius 2 is 1.32 bits per heavy atom. The second-order valence-corrected chi connectivity index (χ2v) is 8.17. The second kappa shape index (κ2) is 8.75. The Hall–Kier alpha value is 2.22. The van der Waals surface area contributed by atoms with Crippen molar-refractivity contribution in [3.8, 4) is 0 Å². The molecule has 0 saturated carbocycles. The molecule has 1 saturated heterocycles. The Balaban J connectivity index is 0. The molecular weight excluding hydrogens is 318 g/mol. The predicted octanol–water partition coefficient (Wildman–Crippen LogP) is -1.29. The molecule has 2 radical (unpaired) electrons. The standard InChI is InChI=1S/C7H17NO7P2.2Na/c9-7(16(10,11)12,17(13,14)15)3-6-8-4-1-2-5-8;;/h9H,1-6H2,(H2,10,11,12)(H2,13,14,15);;. The summed E-state index contributed by atoms with van der Waals surface area (Å²) in [4.78, 5) is 37.4. The van der Waals surface area contributed by atoms with E-state index in [-0.39, 0.29) is 65.7 Å². The first-order chi connectivity index (χ1) is 7.58. The quantitative estimate of drug-likeness (QED) is 0.309. The van der Waals surface area contributed by atoms with Crippen molar-refractivity contribution in [3.63, 3.8) is 0 Å². The maximum atomic E-state index is 11.0. The first kappa shape index (κ1) is 23.5. The molecule has 0 aromatic carbocycles. The molecule has 0 aromatic rings. The summed E-state index contributed by atoms with van der Waals surface area (Å²) in [6.07, 6.45) is 1.22. The molecule has 0 unspecified atom stereocenters. The van der Waals surface area contributed by atoms with Gasteiger partial charge in [0.1, 0.15) is 0 Å². The van der Waals surface area contributed by atoms with Gasteiger partial charge in [-0.2, -0.15) is 0 Å². The van der Waals surface area contributed by atoms with Crippen LogP contribution < -0.4 is 0 Å². The molecule has 0 aromatic heterocycles. The van der Waals surface area contributed by atoms with Crippen molar-refractivity contribution in [2.24, 2.45) is 0 Å². The molecule has 1 fully saturated rings. The number of hydrogen-bond donors (Lipinski definition) is 5. The molecule has 5 N–H and O–H groups in total. The van der Waals surface area contributed by atoms with E-state index in [0.717, 1.165) is 12.8 Å². The van der Waals surface area contributed by atoms with Gasteiger partial charge in [0.05, 0.1) is 0 Å². The van der Waals surface area contributed by atoms with Gasteiger partial charge in [0, 0.05) is 72.1 Å². The van der Waals surface area contributed by atoms with Gasteiger partial charge in [-0.15, -0.1) is 0 Å². The summed E-state index contributed by atoms with van der Waals surface area (Å²) in [6.45, 7) is 1.46. The average Bonchev–Trinajstić information content (AvgIpc) is 2.62. The predicted molar refractivity (Wildman–Crippen MR) is 70.8 cm³/mol. The van der Waals surface area contributed by atoms with Crippen molar-refractivity contribution in [3.05, 3.63) is 0 Å². The number of likely N-dealkylation sites (tertiary alicyclic amines) is 1. The van der Waals surface area contributed by atoms with Crippen LogP contribution in [-0.2, 0) is 9.13 Å². The zero-order valence-electron chi connectivity index (χ0n) is 11.1. The Morgan fingerprint density at radius 1 is 0.947 bits per heavy atom. The van der Waals surface area contributed by atoms with E-state index in [1.165, 1.54) is 0 Å². The minimum Gasteiger partial charge on any atom is -0.367 e. The van der Waals surface area contributed by atoms with Gasteiger partial charge in [0.2, 0.25) is 0 Å². The van der Waals surface area contributed by atoms with E-state index in [2.05, 4.69) is 0 Å². The van der Waals surface area contributed by atoms with Gasteiger partial charge >= 0.3 is 15.2 Å². The smallest absolute Gasteiger partial charge is 0.367 e. The van der Waals surface area contributed by atoms with Gasteiger partial charge in [0.25, 0.3) is 5.08 Å². The molecule has 1 aliphatic rings. The molecule has 0 amide bonds. The average molecular weight is 335 g/mol. The SMILES string of the molecule is O=P(O)(O)C(O)(CCN1CCCC1)P(=O)(O)O.[Na].[Na]. The minimum absolute atomic E-state index is 0. The molecule has 0 spiro atoms. The summed E-state index contributed by atoms with van der Waals surface area (Å²) in [5.74, 6) is 0. The van der Waals surface area contributed by atoms with Crippen molar-refractivity contribution >= 4 is 74.3 Å². The summed E-state index contributed by atoms with van der Waals surface area (Å²) in [5.41, 5.74) is 0. The van der Waals surface area contributed by atoms with E-state index >= 15 is 0 Å². The molecule has 8 nitrogen and oxygen atoms in total. The Kier molecular flexibility index (Phi) is 10.8. The van der Waals surface area contributed by atoms with Crippen LogP contribution >= 0.6 is 15.2 Å². The van der Waals surface area contributed by atoms with Crippen molar-refractivity contribution in [1.29, 1.82) is 0 Å². The van der Waals surface area contributed by atoms with E-state index in [9.17, 15) is 14.2 Å². The fourth-order valence-electron chi connectivity index (χ4n) is 1.78. The topological polar surface area (TPSA) is 139 Å². The molecule has 1 heterocycles. The molecule has 12 heteroatoms. The Labute approximate surface area is 155 Å². The molecule has 0 aliphatic carbocycles. The molecule has 1 rings (SSSR count). The van der Waals surface area contributed by atoms with Gasteiger partial charge in [-0.25, -0.2) is 0 Å². The van der Waals surface area contributed by atoms with Gasteiger partial charge < -0.3 is 29.6 Å². The summed E-state index contributed by atoms with van der Waals surface area (Å²) >= 11 is 0. The number of rotatable bonds is 5. The van der Waals surface area contributed by atoms with Crippen LogP contribution in [0.15, 0.2) is 0 Å². The number of hydrogen-bond acceptors (Lipinski definition) is 4. The van der Waals surface area contributed by atoms with Gasteiger partial charge in [-0.05, 0) is 25.9 Å². The molecule has 0 bridgehead atoms. The van der Waals surface area contributed by atoms with Crippen LogP contribution in [0.25, 0.3) is 0 Å². The van der Waals surface area contributed by atoms with E-state index in [4.69, 9.17) is 19.6 Å². The van der Waals surface area contributed by atoms with Gasteiger partial charge in [-0.3, -0.25) is 9.13 Å². The third-order valence-electron chi connectivity index (χ3n) is 2.90. The Bertz CT molecular complexity index is 342. The van der Waals surface area contributed by atoms with Crippen LogP contribution in [-0.4, -0.2) is 113 Å². The largest absolute Gasteiger partial charge is 0.369 e. The molecule has 19 heavy (non-hydrogen) atoms. The minimum atomic E-state index is -5.30.